The summed E-state index contributed by atoms with van der Waals surface area (Å²) in [6.45, 7) is 6.21. The number of nitrogens with one attached hydrogen (secondary N) is 1. The molecule has 2 aromatic carbocycles. The minimum absolute atomic E-state index is 0.182. The molecule has 0 radical (unpaired) electrons. The van der Waals surface area contributed by atoms with E-state index in [9.17, 15) is 0 Å². The van der Waals surface area contributed by atoms with Crippen molar-refractivity contribution >= 4 is 23.3 Å². The zero-order valence-electron chi connectivity index (χ0n) is 24.0. The lowest BCUT2D eigenvalue weighted by molar-refractivity contribution is 0.0981. The fraction of sp³-hybridized carbons (Fsp3) is 0.419. The molecule has 4 aromatic rings. The Bertz CT molecular complexity index is 1570. The van der Waals surface area contributed by atoms with Crippen molar-refractivity contribution in [3.05, 3.63) is 65.5 Å². The van der Waals surface area contributed by atoms with E-state index in [4.69, 9.17) is 5.73 Å². The Morgan fingerprint density at radius 2 is 1.69 bits per heavy atom. The van der Waals surface area contributed by atoms with Gasteiger partial charge in [-0.3, -0.25) is 4.90 Å². The Morgan fingerprint density at radius 3 is 2.50 bits per heavy atom. The lowest BCUT2D eigenvalue weighted by Gasteiger charge is -2.42. The first-order valence-corrected chi connectivity index (χ1v) is 14.9. The Morgan fingerprint density at radius 1 is 0.905 bits per heavy atom. The van der Waals surface area contributed by atoms with Gasteiger partial charge in [-0.2, -0.15) is 9.67 Å². The third kappa shape index (κ3) is 5.30. The van der Waals surface area contributed by atoms with Crippen LogP contribution in [0.15, 0.2) is 48.5 Å². The van der Waals surface area contributed by atoms with Crippen molar-refractivity contribution in [2.24, 2.45) is 0 Å². The normalized spacial score (nSPS) is 18.4. The van der Waals surface area contributed by atoms with Crippen LogP contribution in [0, 0.1) is 5.82 Å². The fourth-order valence-electron chi connectivity index (χ4n) is 6.55. The third-order valence-electron chi connectivity index (χ3n) is 8.94. The summed E-state index contributed by atoms with van der Waals surface area (Å²) in [5.74, 6) is 0.700. The van der Waals surface area contributed by atoms with Crippen LogP contribution in [0.4, 0.5) is 27.7 Å². The van der Waals surface area contributed by atoms with Gasteiger partial charge in [0.1, 0.15) is 5.82 Å². The number of piperidine rings is 1. The Labute approximate surface area is 245 Å². The molecular formula is C31H37FN10. The number of nitrogen functional groups attached to an aromatic ring is 1. The highest BCUT2D eigenvalue weighted by molar-refractivity contribution is 5.68. The van der Waals surface area contributed by atoms with Crippen LogP contribution in [0.3, 0.4) is 0 Å². The van der Waals surface area contributed by atoms with Gasteiger partial charge < -0.3 is 20.9 Å². The molecule has 1 aliphatic carbocycles. The van der Waals surface area contributed by atoms with Crippen LogP contribution in [-0.2, 0) is 12.8 Å². The molecule has 4 heterocycles. The van der Waals surface area contributed by atoms with Gasteiger partial charge in [0.15, 0.2) is 5.82 Å². The first-order chi connectivity index (χ1) is 20.5. The van der Waals surface area contributed by atoms with Crippen LogP contribution in [-0.4, -0.2) is 87.1 Å². The van der Waals surface area contributed by atoms with Crippen molar-refractivity contribution in [2.75, 3.05) is 62.3 Å². The summed E-state index contributed by atoms with van der Waals surface area (Å²) in [7, 11) is 2.18. The molecule has 11 heteroatoms. The average molecular weight is 569 g/mol. The van der Waals surface area contributed by atoms with Gasteiger partial charge in [-0.15, -0.1) is 15.3 Å². The summed E-state index contributed by atoms with van der Waals surface area (Å²) >= 11 is 0. The first kappa shape index (κ1) is 26.8. The van der Waals surface area contributed by atoms with E-state index in [0.717, 1.165) is 88.2 Å². The van der Waals surface area contributed by atoms with E-state index >= 15 is 4.39 Å². The zero-order valence-corrected chi connectivity index (χ0v) is 24.0. The number of nitrogens with zero attached hydrogens (tertiary/aromatic N) is 8. The molecule has 3 aliphatic rings. The summed E-state index contributed by atoms with van der Waals surface area (Å²) < 4.78 is 16.8. The van der Waals surface area contributed by atoms with Gasteiger partial charge >= 0.3 is 0 Å². The fourth-order valence-corrected chi connectivity index (χ4v) is 6.55. The molecule has 42 heavy (non-hydrogen) atoms. The second-order valence-corrected chi connectivity index (χ2v) is 11.6. The number of likely N-dealkylation sites (N-methyl/N-ethyl adjacent to an activating group) is 1. The summed E-state index contributed by atoms with van der Waals surface area (Å²) in [6.07, 6.45) is 5.05. The number of aromatic nitrogens is 5. The number of rotatable bonds is 5. The van der Waals surface area contributed by atoms with E-state index in [0.29, 0.717) is 23.2 Å². The van der Waals surface area contributed by atoms with Crippen molar-refractivity contribution in [3.63, 3.8) is 0 Å². The molecule has 2 saturated heterocycles. The average Bonchev–Trinajstić information content (AvgIpc) is 3.26. The monoisotopic (exact) mass is 568 g/mol. The highest BCUT2D eigenvalue weighted by Gasteiger charge is 2.28. The molecule has 0 amide bonds. The van der Waals surface area contributed by atoms with Gasteiger partial charge in [0, 0.05) is 56.6 Å². The molecule has 0 atom stereocenters. The maximum Gasteiger partial charge on any atom is 0.248 e. The lowest BCUT2D eigenvalue weighted by Crippen LogP contribution is -2.52. The highest BCUT2D eigenvalue weighted by Crippen LogP contribution is 2.32. The summed E-state index contributed by atoms with van der Waals surface area (Å²) in [6, 6.07) is 16.1. The van der Waals surface area contributed by atoms with Crippen molar-refractivity contribution in [2.45, 2.75) is 38.1 Å². The molecule has 2 aliphatic heterocycles. The second-order valence-electron chi connectivity index (χ2n) is 11.6. The van der Waals surface area contributed by atoms with Crippen LogP contribution in [0.1, 0.15) is 30.4 Å². The lowest BCUT2D eigenvalue weighted by atomic mass is 10.0. The zero-order chi connectivity index (χ0) is 28.6. The Hall–Kier alpha value is -4.09. The number of anilines is 4. The quantitative estimate of drug-likeness (QED) is 0.371. The van der Waals surface area contributed by atoms with Crippen molar-refractivity contribution in [1.29, 1.82) is 0 Å². The third-order valence-corrected chi connectivity index (χ3v) is 8.94. The number of aryl methyl sites for hydroxylation is 2. The molecule has 218 valence electrons. The molecule has 10 nitrogen and oxygen atoms in total. The predicted octanol–water partition coefficient (Wildman–Crippen LogP) is 3.89. The van der Waals surface area contributed by atoms with Gasteiger partial charge in [0.2, 0.25) is 11.9 Å². The van der Waals surface area contributed by atoms with E-state index in [2.05, 4.69) is 65.5 Å². The van der Waals surface area contributed by atoms with Gasteiger partial charge in [-0.05, 0) is 74.5 Å². The number of nitrogens with two attached hydrogens (primary N) is 1. The molecule has 0 saturated carbocycles. The number of fused-ring (bicyclic) bond motifs is 3. The Balaban J connectivity index is 1.03. The van der Waals surface area contributed by atoms with E-state index in [1.807, 2.05) is 24.3 Å². The second kappa shape index (κ2) is 11.3. The van der Waals surface area contributed by atoms with Gasteiger partial charge in [-0.25, -0.2) is 4.39 Å². The number of halogens is 1. The molecule has 7 rings (SSSR count). The van der Waals surface area contributed by atoms with E-state index in [1.54, 1.807) is 0 Å². The number of hydrogen-bond donors (Lipinski definition) is 2. The first-order valence-electron chi connectivity index (χ1n) is 14.9. The number of piperazine rings is 1. The number of benzene rings is 2. The summed E-state index contributed by atoms with van der Waals surface area (Å²) in [4.78, 5) is 11.5. The topological polar surface area (TPSA) is 104 Å². The number of hydrogen-bond acceptors (Lipinski definition) is 9. The summed E-state index contributed by atoms with van der Waals surface area (Å²) in [5, 5.41) is 16.6. The SMILES string of the molecule is CN1CCN(C2CCN(c3ccc(Nc4nc(N)n(-c5cc6c(nn5)-c5ccccc5CCC6)n4)cc3F)CC2)CC1. The van der Waals surface area contributed by atoms with Gasteiger partial charge in [0.05, 0.1) is 11.4 Å². The van der Waals surface area contributed by atoms with Gasteiger partial charge in [-0.1, -0.05) is 24.3 Å². The van der Waals surface area contributed by atoms with Crippen molar-refractivity contribution < 1.29 is 4.39 Å². The maximum atomic E-state index is 15.3. The highest BCUT2D eigenvalue weighted by atomic mass is 19.1. The maximum absolute atomic E-state index is 15.3. The van der Waals surface area contributed by atoms with Gasteiger partial charge in [0.25, 0.3) is 0 Å². The molecule has 2 fully saturated rings. The molecule has 0 spiro atoms. The minimum atomic E-state index is -0.262. The van der Waals surface area contributed by atoms with Crippen LogP contribution in [0.5, 0.6) is 0 Å². The van der Waals surface area contributed by atoms with E-state index in [-0.39, 0.29) is 17.7 Å². The van der Waals surface area contributed by atoms with Crippen molar-refractivity contribution in [3.8, 4) is 17.1 Å². The smallest absolute Gasteiger partial charge is 0.248 e. The molecule has 3 N–H and O–H groups in total. The van der Waals surface area contributed by atoms with Crippen LogP contribution in [0.25, 0.3) is 17.1 Å². The van der Waals surface area contributed by atoms with Crippen LogP contribution >= 0.6 is 0 Å². The van der Waals surface area contributed by atoms with E-state index < -0.39 is 0 Å². The molecular weight excluding hydrogens is 531 g/mol. The summed E-state index contributed by atoms with van der Waals surface area (Å²) in [5.41, 5.74) is 11.9. The van der Waals surface area contributed by atoms with Crippen molar-refractivity contribution in [1.82, 2.24) is 34.8 Å². The van der Waals surface area contributed by atoms with Crippen LogP contribution in [0.2, 0.25) is 0 Å². The largest absolute Gasteiger partial charge is 0.369 e. The molecule has 0 unspecified atom stereocenters. The standard InChI is InChI=1S/C31H37FN10/c1-39-15-17-40(18-16-39)24-11-13-41(14-12-24)27-10-9-23(20-26(27)32)34-31-35-30(33)42(38-31)28-19-22-7-4-6-21-5-2-3-8-25(21)29(22)37-36-28/h2-3,5,8-10,19-20,24H,4,6-7,11-18H2,1H3,(H3,33,34,35,38). The predicted molar refractivity (Wildman–Crippen MR) is 163 cm³/mol. The van der Waals surface area contributed by atoms with E-state index in [1.165, 1.54) is 16.3 Å². The molecule has 0 bridgehead atoms. The molecule has 2 aromatic heterocycles. The Kier molecular flexibility index (Phi) is 7.20. The van der Waals surface area contributed by atoms with Crippen LogP contribution < -0.4 is 16.0 Å². The minimum Gasteiger partial charge on any atom is -0.369 e.